The van der Waals surface area contributed by atoms with Gasteiger partial charge in [0.2, 0.25) is 5.91 Å². The van der Waals surface area contributed by atoms with Gasteiger partial charge in [-0.2, -0.15) is 0 Å². The number of aliphatic hydroxyl groups excluding tert-OH is 2. The Morgan fingerprint density at radius 2 is 2.14 bits per heavy atom. The van der Waals surface area contributed by atoms with Gasteiger partial charge in [-0.1, -0.05) is 6.92 Å². The summed E-state index contributed by atoms with van der Waals surface area (Å²) in [5.41, 5.74) is 4.66. The van der Waals surface area contributed by atoms with E-state index in [2.05, 4.69) is 5.32 Å². The fourth-order valence-electron chi connectivity index (χ4n) is 3.16. The first-order chi connectivity index (χ1) is 10.4. The fraction of sp³-hybridized carbons (Fsp3) is 0.867. The molecule has 4 atom stereocenters. The average Bonchev–Trinajstić information content (AvgIpc) is 2.45. The first-order valence-corrected chi connectivity index (χ1v) is 7.95. The number of nitrogens with two attached hydrogens (primary N) is 1. The molecule has 7 nitrogen and oxygen atoms in total. The molecule has 0 aromatic carbocycles. The zero-order valence-corrected chi connectivity index (χ0v) is 13.4. The molecule has 0 bridgehead atoms. The minimum atomic E-state index is -1.27. The summed E-state index contributed by atoms with van der Waals surface area (Å²) in [6.07, 6.45) is 1.46. The van der Waals surface area contributed by atoms with E-state index in [1.54, 1.807) is 6.92 Å². The Kier molecular flexibility index (Phi) is 7.25. The van der Waals surface area contributed by atoms with Crippen LogP contribution < -0.4 is 11.1 Å². The first kappa shape index (κ1) is 18.9. The van der Waals surface area contributed by atoms with Crippen LogP contribution in [0.5, 0.6) is 0 Å². The summed E-state index contributed by atoms with van der Waals surface area (Å²) in [5, 5.41) is 23.0. The highest BCUT2D eigenvalue weighted by molar-refractivity contribution is 5.80. The Bertz CT molecular complexity index is 390. The normalized spacial score (nSPS) is 29.7. The van der Waals surface area contributed by atoms with E-state index < -0.39 is 36.2 Å². The van der Waals surface area contributed by atoms with Crippen molar-refractivity contribution in [1.82, 2.24) is 5.32 Å². The van der Waals surface area contributed by atoms with Crippen molar-refractivity contribution in [3.8, 4) is 0 Å². The van der Waals surface area contributed by atoms with Crippen LogP contribution in [-0.2, 0) is 14.3 Å². The molecule has 0 aromatic rings. The zero-order valence-electron chi connectivity index (χ0n) is 13.4. The monoisotopic (exact) mass is 316 g/mol. The van der Waals surface area contributed by atoms with Gasteiger partial charge < -0.3 is 26.0 Å². The third-order valence-corrected chi connectivity index (χ3v) is 4.29. The van der Waals surface area contributed by atoms with Crippen LogP contribution in [0.25, 0.3) is 0 Å². The molecule has 0 radical (unpaired) electrons. The van der Waals surface area contributed by atoms with Gasteiger partial charge in [-0.05, 0) is 32.6 Å². The molecule has 22 heavy (non-hydrogen) atoms. The Morgan fingerprint density at radius 1 is 1.45 bits per heavy atom. The maximum absolute atomic E-state index is 12.2. The van der Waals surface area contributed by atoms with Gasteiger partial charge >= 0.3 is 5.97 Å². The van der Waals surface area contributed by atoms with Crippen LogP contribution in [0.3, 0.4) is 0 Å². The lowest BCUT2D eigenvalue weighted by atomic mass is 9.69. The van der Waals surface area contributed by atoms with E-state index in [4.69, 9.17) is 10.5 Å². The number of carbonyl (C=O) groups excluding carboxylic acids is 2. The first-order valence-electron chi connectivity index (χ1n) is 7.95. The van der Waals surface area contributed by atoms with E-state index in [0.29, 0.717) is 25.7 Å². The van der Waals surface area contributed by atoms with Crippen LogP contribution in [0.15, 0.2) is 0 Å². The molecule has 5 N–H and O–H groups in total. The minimum Gasteiger partial charge on any atom is -0.466 e. The largest absolute Gasteiger partial charge is 0.466 e. The number of hydrogen-bond donors (Lipinski definition) is 4. The molecule has 0 aromatic heterocycles. The standard InChI is InChI=1S/C15H28N2O5/c1-3-6-12(19)17-15(8-5-7-11(16)13(15)20)10(9-18)14(21)22-4-2/h10-11,13,18,20H,3-9,16H2,1-2H3,(H,17,19). The van der Waals surface area contributed by atoms with Crippen molar-refractivity contribution in [1.29, 1.82) is 0 Å². The average molecular weight is 316 g/mol. The molecule has 1 aliphatic rings. The molecule has 4 unspecified atom stereocenters. The molecule has 1 fully saturated rings. The van der Waals surface area contributed by atoms with Crippen LogP contribution in [0.1, 0.15) is 46.0 Å². The summed E-state index contributed by atoms with van der Waals surface area (Å²) in [6, 6.07) is -0.556. The number of amides is 1. The zero-order chi connectivity index (χ0) is 16.8. The van der Waals surface area contributed by atoms with E-state index in [1.807, 2.05) is 6.92 Å². The predicted molar refractivity (Wildman–Crippen MR) is 80.8 cm³/mol. The highest BCUT2D eigenvalue weighted by atomic mass is 16.5. The van der Waals surface area contributed by atoms with E-state index >= 15 is 0 Å². The van der Waals surface area contributed by atoms with E-state index in [-0.39, 0.29) is 18.9 Å². The quantitative estimate of drug-likeness (QED) is 0.478. The molecule has 0 aliphatic heterocycles. The van der Waals surface area contributed by atoms with Crippen molar-refractivity contribution in [3.05, 3.63) is 0 Å². The smallest absolute Gasteiger partial charge is 0.313 e. The summed E-state index contributed by atoms with van der Waals surface area (Å²) in [5.74, 6) is -1.93. The Balaban J connectivity index is 3.13. The lowest BCUT2D eigenvalue weighted by molar-refractivity contribution is -0.159. The summed E-state index contributed by atoms with van der Waals surface area (Å²) < 4.78 is 5.00. The predicted octanol–water partition coefficient (Wildman–Crippen LogP) is -0.315. The Labute approximate surface area is 131 Å². The minimum absolute atomic E-state index is 0.163. The topological polar surface area (TPSA) is 122 Å². The second-order valence-electron chi connectivity index (χ2n) is 5.83. The second-order valence-corrected chi connectivity index (χ2v) is 5.83. The van der Waals surface area contributed by atoms with Crippen molar-refractivity contribution in [3.63, 3.8) is 0 Å². The van der Waals surface area contributed by atoms with E-state index in [9.17, 15) is 19.8 Å². The summed E-state index contributed by atoms with van der Waals surface area (Å²) in [7, 11) is 0. The second kappa shape index (κ2) is 8.45. The van der Waals surface area contributed by atoms with Gasteiger partial charge in [0.05, 0.1) is 24.9 Å². The molecule has 1 saturated carbocycles. The number of hydrogen-bond acceptors (Lipinski definition) is 6. The molecular weight excluding hydrogens is 288 g/mol. The Hall–Kier alpha value is -1.18. The lowest BCUT2D eigenvalue weighted by Gasteiger charge is -2.48. The third-order valence-electron chi connectivity index (χ3n) is 4.29. The maximum atomic E-state index is 12.2. The highest BCUT2D eigenvalue weighted by Crippen LogP contribution is 2.35. The SMILES string of the molecule is CCCC(=O)NC1(C(CO)C(=O)OCC)CCCC(N)C1O. The molecule has 128 valence electrons. The van der Waals surface area contributed by atoms with Gasteiger partial charge in [0.25, 0.3) is 0 Å². The number of ether oxygens (including phenoxy) is 1. The van der Waals surface area contributed by atoms with Gasteiger partial charge in [-0.25, -0.2) is 0 Å². The molecular formula is C15H28N2O5. The highest BCUT2D eigenvalue weighted by Gasteiger charge is 2.53. The van der Waals surface area contributed by atoms with Gasteiger partial charge in [0, 0.05) is 12.5 Å². The van der Waals surface area contributed by atoms with Gasteiger partial charge in [0.1, 0.15) is 5.92 Å². The number of nitrogens with one attached hydrogen (secondary N) is 1. The van der Waals surface area contributed by atoms with Crippen molar-refractivity contribution < 1.29 is 24.5 Å². The Morgan fingerprint density at radius 3 is 2.68 bits per heavy atom. The maximum Gasteiger partial charge on any atom is 0.313 e. The molecule has 1 aliphatic carbocycles. The summed E-state index contributed by atoms with van der Waals surface area (Å²) in [6.45, 7) is 3.17. The van der Waals surface area contributed by atoms with E-state index in [0.717, 1.165) is 0 Å². The van der Waals surface area contributed by atoms with Crippen molar-refractivity contribution in [2.45, 2.75) is 63.6 Å². The van der Waals surface area contributed by atoms with Crippen molar-refractivity contribution >= 4 is 11.9 Å². The molecule has 0 saturated heterocycles. The summed E-state index contributed by atoms with van der Waals surface area (Å²) >= 11 is 0. The van der Waals surface area contributed by atoms with Crippen LogP contribution in [0.4, 0.5) is 0 Å². The summed E-state index contributed by atoms with van der Waals surface area (Å²) in [4.78, 5) is 24.3. The van der Waals surface area contributed by atoms with Gasteiger partial charge in [-0.3, -0.25) is 9.59 Å². The van der Waals surface area contributed by atoms with Crippen LogP contribution in [0.2, 0.25) is 0 Å². The van der Waals surface area contributed by atoms with Gasteiger partial charge in [-0.15, -0.1) is 0 Å². The molecule has 0 heterocycles. The lowest BCUT2D eigenvalue weighted by Crippen LogP contribution is -2.69. The van der Waals surface area contributed by atoms with Crippen LogP contribution in [-0.4, -0.2) is 53.0 Å². The van der Waals surface area contributed by atoms with Crippen LogP contribution in [0, 0.1) is 5.92 Å². The van der Waals surface area contributed by atoms with Crippen molar-refractivity contribution in [2.24, 2.45) is 11.7 Å². The fourth-order valence-corrected chi connectivity index (χ4v) is 3.16. The van der Waals surface area contributed by atoms with E-state index in [1.165, 1.54) is 0 Å². The number of carbonyl (C=O) groups is 2. The number of aliphatic hydroxyl groups is 2. The van der Waals surface area contributed by atoms with Gasteiger partial charge in [0.15, 0.2) is 0 Å². The third kappa shape index (κ3) is 3.97. The molecule has 1 amide bonds. The molecule has 0 spiro atoms. The molecule has 7 heteroatoms. The number of rotatable bonds is 7. The molecule has 1 rings (SSSR count). The van der Waals surface area contributed by atoms with Crippen LogP contribution >= 0.6 is 0 Å². The number of esters is 1. The van der Waals surface area contributed by atoms with Crippen molar-refractivity contribution in [2.75, 3.05) is 13.2 Å².